The first-order valence-corrected chi connectivity index (χ1v) is 8.46. The smallest absolute Gasteiger partial charge is 0.246 e. The number of hydrogen-bond acceptors (Lipinski definition) is 3. The molecular weight excluding hydrogens is 304 g/mol. The highest BCUT2D eigenvalue weighted by molar-refractivity contribution is 5.91. The van der Waals surface area contributed by atoms with E-state index in [0.29, 0.717) is 12.5 Å². The van der Waals surface area contributed by atoms with Crippen molar-refractivity contribution >= 4 is 17.9 Å². The normalized spacial score (nSPS) is 20.7. The van der Waals surface area contributed by atoms with Gasteiger partial charge < -0.3 is 15.4 Å². The summed E-state index contributed by atoms with van der Waals surface area (Å²) >= 11 is 0. The molecule has 1 fully saturated rings. The summed E-state index contributed by atoms with van der Waals surface area (Å²) in [6.07, 6.45) is 7.42. The zero-order valence-corrected chi connectivity index (χ0v) is 14.2. The van der Waals surface area contributed by atoms with Gasteiger partial charge in [-0.2, -0.15) is 0 Å². The van der Waals surface area contributed by atoms with Crippen molar-refractivity contribution < 1.29 is 14.3 Å². The quantitative estimate of drug-likeness (QED) is 0.753. The maximum atomic E-state index is 11.9. The minimum atomic E-state index is -0.0793. The fraction of sp³-hybridized carbons (Fsp3) is 0.474. The summed E-state index contributed by atoms with van der Waals surface area (Å²) in [4.78, 5) is 23.5. The molecule has 2 unspecified atom stereocenters. The second kappa shape index (κ2) is 9.88. The van der Waals surface area contributed by atoms with E-state index in [0.717, 1.165) is 31.2 Å². The van der Waals surface area contributed by atoms with Crippen molar-refractivity contribution in [2.75, 3.05) is 20.3 Å². The average molecular weight is 330 g/mol. The van der Waals surface area contributed by atoms with E-state index >= 15 is 0 Å². The van der Waals surface area contributed by atoms with Gasteiger partial charge in [0.1, 0.15) is 6.61 Å². The molecule has 0 radical (unpaired) electrons. The van der Waals surface area contributed by atoms with Gasteiger partial charge in [0.2, 0.25) is 11.8 Å². The monoisotopic (exact) mass is 330 g/mol. The van der Waals surface area contributed by atoms with Crippen molar-refractivity contribution in [3.8, 4) is 0 Å². The predicted molar refractivity (Wildman–Crippen MR) is 94.3 cm³/mol. The first-order valence-electron chi connectivity index (χ1n) is 8.46. The van der Waals surface area contributed by atoms with Crippen LogP contribution in [0.15, 0.2) is 36.4 Å². The van der Waals surface area contributed by atoms with Crippen LogP contribution in [0.5, 0.6) is 0 Å². The van der Waals surface area contributed by atoms with Gasteiger partial charge in [0, 0.05) is 25.8 Å². The van der Waals surface area contributed by atoms with Crippen LogP contribution in [-0.2, 0) is 14.3 Å². The molecule has 5 heteroatoms. The van der Waals surface area contributed by atoms with Gasteiger partial charge in [-0.1, -0.05) is 36.8 Å². The predicted octanol–water partition coefficient (Wildman–Crippen LogP) is 2.14. The molecule has 2 N–H and O–H groups in total. The van der Waals surface area contributed by atoms with Gasteiger partial charge >= 0.3 is 0 Å². The van der Waals surface area contributed by atoms with Crippen molar-refractivity contribution in [2.45, 2.75) is 31.7 Å². The van der Waals surface area contributed by atoms with Gasteiger partial charge in [-0.05, 0) is 36.8 Å². The van der Waals surface area contributed by atoms with Crippen molar-refractivity contribution in [2.24, 2.45) is 5.92 Å². The Balaban J connectivity index is 1.72. The highest BCUT2D eigenvalue weighted by Gasteiger charge is 2.23. The Morgan fingerprint density at radius 2 is 2.04 bits per heavy atom. The van der Waals surface area contributed by atoms with Crippen molar-refractivity contribution in [3.05, 3.63) is 42.0 Å². The number of amides is 2. The molecule has 24 heavy (non-hydrogen) atoms. The van der Waals surface area contributed by atoms with Crippen molar-refractivity contribution in [1.82, 2.24) is 10.6 Å². The Kier molecular flexibility index (Phi) is 7.49. The standard InChI is InChI=1S/C19H26N2O3/c1-24-14-19(23)21-17-9-5-8-16(12-17)13-20-18(22)11-10-15-6-3-2-4-7-15/h2-4,6-7,10-11,16-17H,5,8-9,12-14H2,1H3,(H,20,22)(H,21,23). The molecule has 2 atom stereocenters. The van der Waals surface area contributed by atoms with Gasteiger partial charge in [0.25, 0.3) is 0 Å². The van der Waals surface area contributed by atoms with Gasteiger partial charge in [-0.3, -0.25) is 9.59 Å². The average Bonchev–Trinajstić information content (AvgIpc) is 2.59. The molecule has 2 amide bonds. The van der Waals surface area contributed by atoms with Gasteiger partial charge in [0.15, 0.2) is 0 Å². The molecule has 0 spiro atoms. The Labute approximate surface area is 143 Å². The van der Waals surface area contributed by atoms with Gasteiger partial charge in [-0.15, -0.1) is 0 Å². The van der Waals surface area contributed by atoms with Crippen molar-refractivity contribution in [3.63, 3.8) is 0 Å². The van der Waals surface area contributed by atoms with E-state index in [9.17, 15) is 9.59 Å². The Morgan fingerprint density at radius 3 is 2.79 bits per heavy atom. The number of hydrogen-bond donors (Lipinski definition) is 2. The van der Waals surface area contributed by atoms with Crippen LogP contribution in [-0.4, -0.2) is 38.1 Å². The van der Waals surface area contributed by atoms with Crippen LogP contribution in [0.3, 0.4) is 0 Å². The van der Waals surface area contributed by atoms with E-state index in [1.807, 2.05) is 36.4 Å². The van der Waals surface area contributed by atoms with Crippen LogP contribution in [0.2, 0.25) is 0 Å². The molecule has 0 bridgehead atoms. The third-order valence-corrected chi connectivity index (χ3v) is 4.22. The highest BCUT2D eigenvalue weighted by atomic mass is 16.5. The van der Waals surface area contributed by atoms with Crippen LogP contribution < -0.4 is 10.6 Å². The maximum absolute atomic E-state index is 11.9. The molecule has 0 saturated heterocycles. The van der Waals surface area contributed by atoms with E-state index < -0.39 is 0 Å². The Morgan fingerprint density at radius 1 is 1.25 bits per heavy atom. The van der Waals surface area contributed by atoms with Gasteiger partial charge in [0.05, 0.1) is 0 Å². The Hall–Kier alpha value is -2.14. The molecule has 1 saturated carbocycles. The van der Waals surface area contributed by atoms with E-state index in [1.54, 1.807) is 6.08 Å². The first kappa shape index (κ1) is 18.2. The minimum Gasteiger partial charge on any atom is -0.375 e. The molecule has 0 aromatic heterocycles. The first-order chi connectivity index (χ1) is 11.7. The van der Waals surface area contributed by atoms with Crippen LogP contribution in [0.1, 0.15) is 31.2 Å². The third kappa shape index (κ3) is 6.54. The van der Waals surface area contributed by atoms with E-state index in [4.69, 9.17) is 4.74 Å². The fourth-order valence-electron chi connectivity index (χ4n) is 3.05. The lowest BCUT2D eigenvalue weighted by Crippen LogP contribution is -2.42. The zero-order valence-electron chi connectivity index (χ0n) is 14.2. The molecule has 0 aliphatic heterocycles. The van der Waals surface area contributed by atoms with E-state index in [2.05, 4.69) is 10.6 Å². The SMILES string of the molecule is COCC(=O)NC1CCCC(CNC(=O)C=Cc2ccccc2)C1. The number of nitrogens with one attached hydrogen (secondary N) is 2. The van der Waals surface area contributed by atoms with Crippen LogP contribution in [0.4, 0.5) is 0 Å². The highest BCUT2D eigenvalue weighted by Crippen LogP contribution is 2.23. The number of rotatable bonds is 7. The molecule has 0 heterocycles. The van der Waals surface area contributed by atoms with Gasteiger partial charge in [-0.25, -0.2) is 0 Å². The van der Waals surface area contributed by atoms with Crippen molar-refractivity contribution in [1.29, 1.82) is 0 Å². The molecule has 5 nitrogen and oxygen atoms in total. The molecule has 130 valence electrons. The summed E-state index contributed by atoms with van der Waals surface area (Å²) in [6.45, 7) is 0.747. The molecule has 1 aliphatic rings. The summed E-state index contributed by atoms with van der Waals surface area (Å²) < 4.78 is 4.84. The van der Waals surface area contributed by atoms with Crippen LogP contribution >= 0.6 is 0 Å². The lowest BCUT2D eigenvalue weighted by molar-refractivity contribution is -0.125. The number of carbonyl (C=O) groups is 2. The lowest BCUT2D eigenvalue weighted by Gasteiger charge is -2.29. The topological polar surface area (TPSA) is 67.4 Å². The summed E-state index contributed by atoms with van der Waals surface area (Å²) in [5.74, 6) is 0.253. The summed E-state index contributed by atoms with van der Waals surface area (Å²) in [6, 6.07) is 9.93. The largest absolute Gasteiger partial charge is 0.375 e. The molecule has 1 aromatic rings. The Bertz CT molecular complexity index is 557. The molecule has 1 aromatic carbocycles. The molecule has 1 aliphatic carbocycles. The van der Waals surface area contributed by atoms with E-state index in [-0.39, 0.29) is 24.5 Å². The lowest BCUT2D eigenvalue weighted by atomic mass is 9.85. The number of carbonyl (C=O) groups excluding carboxylic acids is 2. The number of benzene rings is 1. The second-order valence-corrected chi connectivity index (χ2v) is 6.22. The maximum Gasteiger partial charge on any atom is 0.246 e. The summed E-state index contributed by atoms with van der Waals surface area (Å²) in [5.41, 5.74) is 1.01. The molecule has 2 rings (SSSR count). The van der Waals surface area contributed by atoms with Crippen LogP contribution in [0.25, 0.3) is 6.08 Å². The summed E-state index contributed by atoms with van der Waals surface area (Å²) in [7, 11) is 1.52. The second-order valence-electron chi connectivity index (χ2n) is 6.22. The van der Waals surface area contributed by atoms with E-state index in [1.165, 1.54) is 7.11 Å². The zero-order chi connectivity index (χ0) is 17.2. The van der Waals surface area contributed by atoms with Crippen LogP contribution in [0, 0.1) is 5.92 Å². The third-order valence-electron chi connectivity index (χ3n) is 4.22. The number of ether oxygens (including phenoxy) is 1. The minimum absolute atomic E-state index is 0.0713. The number of methoxy groups -OCH3 is 1. The summed E-state index contributed by atoms with van der Waals surface area (Å²) in [5, 5.41) is 5.95. The fourth-order valence-corrected chi connectivity index (χ4v) is 3.05. The molecular formula is C19H26N2O3.